The zero-order valence-electron chi connectivity index (χ0n) is 9.81. The van der Waals surface area contributed by atoms with E-state index in [4.69, 9.17) is 0 Å². The Bertz CT molecular complexity index is 702. The average Bonchev–Trinajstić information content (AvgIpc) is 2.28. The van der Waals surface area contributed by atoms with Gasteiger partial charge in [0.15, 0.2) is 4.90 Å². The number of aromatic nitrogens is 2. The van der Waals surface area contributed by atoms with Gasteiger partial charge in [0.05, 0.1) is 0 Å². The summed E-state index contributed by atoms with van der Waals surface area (Å²) in [4.78, 5) is 22.7. The van der Waals surface area contributed by atoms with Crippen molar-refractivity contribution < 1.29 is 8.42 Å². The molecule has 0 bridgehead atoms. The lowest BCUT2D eigenvalue weighted by Crippen LogP contribution is -2.41. The number of rotatable bonds is 4. The third-order valence-corrected chi connectivity index (χ3v) is 3.82. The fraction of sp³-hybridized carbons (Fsp3) is 0.333. The van der Waals surface area contributed by atoms with Crippen LogP contribution in [0.1, 0.15) is 0 Å². The van der Waals surface area contributed by atoms with Gasteiger partial charge in [-0.15, -0.1) is 0 Å². The minimum absolute atomic E-state index is 0.0473. The number of sulfonamides is 1. The fourth-order valence-corrected chi connectivity index (χ4v) is 2.72. The number of hydrogen-bond acceptors (Lipinski definition) is 4. The van der Waals surface area contributed by atoms with Gasteiger partial charge in [-0.2, -0.15) is 0 Å². The van der Waals surface area contributed by atoms with Crippen molar-refractivity contribution in [3.63, 3.8) is 0 Å². The number of hydrogen-bond donors (Lipinski definition) is 1. The Labute approximate surface area is 112 Å². The predicted molar refractivity (Wildman–Crippen MR) is 70.2 cm³/mol. The van der Waals surface area contributed by atoms with E-state index >= 15 is 0 Å². The van der Waals surface area contributed by atoms with Gasteiger partial charge in [-0.25, -0.2) is 17.9 Å². The van der Waals surface area contributed by atoms with E-state index in [1.165, 1.54) is 14.1 Å². The molecule has 0 aliphatic carbocycles. The first-order chi connectivity index (χ1) is 8.16. The molecule has 1 heterocycles. The molecule has 7 nitrogen and oxygen atoms in total. The molecule has 1 rings (SSSR count). The molecule has 0 aliphatic heterocycles. The van der Waals surface area contributed by atoms with Gasteiger partial charge in [0.2, 0.25) is 10.0 Å². The van der Waals surface area contributed by atoms with E-state index in [-0.39, 0.29) is 6.54 Å². The molecule has 0 fully saturated rings. The Morgan fingerprint density at radius 3 is 2.50 bits per heavy atom. The van der Waals surface area contributed by atoms with Crippen LogP contribution in [0.3, 0.4) is 0 Å². The maximum Gasteiger partial charge on any atom is 0.330 e. The summed E-state index contributed by atoms with van der Waals surface area (Å²) >= 11 is 3.00. The van der Waals surface area contributed by atoms with Crippen molar-refractivity contribution in [2.45, 2.75) is 4.90 Å². The lowest BCUT2D eigenvalue weighted by molar-refractivity contribution is 0.574. The van der Waals surface area contributed by atoms with E-state index in [0.717, 1.165) is 15.3 Å². The van der Waals surface area contributed by atoms with E-state index in [9.17, 15) is 18.0 Å². The van der Waals surface area contributed by atoms with Crippen LogP contribution in [0, 0.1) is 0 Å². The van der Waals surface area contributed by atoms with Gasteiger partial charge >= 0.3 is 5.69 Å². The van der Waals surface area contributed by atoms with Crippen LogP contribution >= 0.6 is 15.9 Å². The van der Waals surface area contributed by atoms with E-state index in [0.29, 0.717) is 4.48 Å². The number of nitrogens with zero attached hydrogens (tertiary/aromatic N) is 2. The first kappa shape index (κ1) is 14.9. The summed E-state index contributed by atoms with van der Waals surface area (Å²) in [7, 11) is -1.40. The van der Waals surface area contributed by atoms with Crippen LogP contribution in [0.2, 0.25) is 0 Å². The van der Waals surface area contributed by atoms with Crippen LogP contribution in [-0.2, 0) is 24.1 Å². The molecule has 0 unspecified atom stereocenters. The van der Waals surface area contributed by atoms with Crippen molar-refractivity contribution in [1.82, 2.24) is 13.9 Å². The van der Waals surface area contributed by atoms with E-state index in [1.54, 1.807) is 0 Å². The Kier molecular flexibility index (Phi) is 4.30. The third kappa shape index (κ3) is 2.98. The molecule has 0 radical (unpaired) electrons. The summed E-state index contributed by atoms with van der Waals surface area (Å²) in [6.07, 6.45) is 0.990. The molecule has 100 valence electrons. The minimum atomic E-state index is -3.98. The maximum absolute atomic E-state index is 11.9. The first-order valence-electron chi connectivity index (χ1n) is 4.76. The second-order valence-corrected chi connectivity index (χ2v) is 6.45. The number of nitrogens with one attached hydrogen (secondary N) is 1. The topological polar surface area (TPSA) is 90.2 Å². The van der Waals surface area contributed by atoms with Crippen LogP contribution < -0.4 is 16.0 Å². The standard InChI is InChI=1S/C9H12BrN3O4S/c1-6(10)4-11-18(16,17)7-5-12(2)9(15)13(3)8(7)14/h5,11H,1,4H2,2-3H3. The molecule has 1 aromatic heterocycles. The van der Waals surface area contributed by atoms with Gasteiger partial charge in [-0.1, -0.05) is 22.5 Å². The van der Waals surface area contributed by atoms with Crippen molar-refractivity contribution in [3.05, 3.63) is 38.1 Å². The van der Waals surface area contributed by atoms with E-state index < -0.39 is 26.2 Å². The molecular weight excluding hydrogens is 326 g/mol. The summed E-state index contributed by atoms with van der Waals surface area (Å²) in [5.74, 6) is 0. The fourth-order valence-electron chi connectivity index (χ4n) is 1.21. The lowest BCUT2D eigenvalue weighted by Gasteiger charge is -2.08. The zero-order chi connectivity index (χ0) is 14.1. The SMILES string of the molecule is C=C(Br)CNS(=O)(=O)c1cn(C)c(=O)n(C)c1=O. The molecule has 1 N–H and O–H groups in total. The predicted octanol–water partition coefficient (Wildman–Crippen LogP) is -0.729. The van der Waals surface area contributed by atoms with Crippen molar-refractivity contribution in [2.24, 2.45) is 14.1 Å². The molecule has 0 aliphatic rings. The summed E-state index contributed by atoms with van der Waals surface area (Å²) in [5, 5.41) is 0. The van der Waals surface area contributed by atoms with Gasteiger partial charge in [-0.05, 0) is 0 Å². The highest BCUT2D eigenvalue weighted by Crippen LogP contribution is 2.03. The van der Waals surface area contributed by atoms with Gasteiger partial charge < -0.3 is 4.57 Å². The van der Waals surface area contributed by atoms with Crippen molar-refractivity contribution in [1.29, 1.82) is 0 Å². The van der Waals surface area contributed by atoms with Crippen LogP contribution in [0.4, 0.5) is 0 Å². The summed E-state index contributed by atoms with van der Waals surface area (Å²) in [6, 6.07) is 0. The molecule has 0 atom stereocenters. The van der Waals surface area contributed by atoms with Gasteiger partial charge in [-0.3, -0.25) is 9.36 Å². The summed E-state index contributed by atoms with van der Waals surface area (Å²) in [6.45, 7) is 3.43. The van der Waals surface area contributed by atoms with Crippen molar-refractivity contribution >= 4 is 26.0 Å². The van der Waals surface area contributed by atoms with Gasteiger partial charge in [0.25, 0.3) is 5.56 Å². The van der Waals surface area contributed by atoms with E-state index in [2.05, 4.69) is 27.2 Å². The highest BCUT2D eigenvalue weighted by atomic mass is 79.9. The molecule has 9 heteroatoms. The van der Waals surface area contributed by atoms with Crippen LogP contribution in [0.15, 0.2) is 31.7 Å². The Balaban J connectivity index is 3.39. The largest absolute Gasteiger partial charge is 0.330 e. The maximum atomic E-state index is 11.9. The third-order valence-electron chi connectivity index (χ3n) is 2.16. The molecule has 0 amide bonds. The Morgan fingerprint density at radius 2 is 2.00 bits per heavy atom. The Hall–Kier alpha value is -1.19. The smallest absolute Gasteiger partial charge is 0.302 e. The second kappa shape index (κ2) is 5.21. The summed E-state index contributed by atoms with van der Waals surface area (Å²) in [5.41, 5.74) is -1.46. The minimum Gasteiger partial charge on any atom is -0.302 e. The molecule has 1 aromatic rings. The molecule has 18 heavy (non-hydrogen) atoms. The number of aryl methyl sites for hydroxylation is 1. The monoisotopic (exact) mass is 337 g/mol. The molecule has 0 spiro atoms. The number of halogens is 1. The van der Waals surface area contributed by atoms with Crippen molar-refractivity contribution in [3.8, 4) is 0 Å². The van der Waals surface area contributed by atoms with Gasteiger partial charge in [0.1, 0.15) is 0 Å². The van der Waals surface area contributed by atoms with Crippen LogP contribution in [-0.4, -0.2) is 24.1 Å². The van der Waals surface area contributed by atoms with E-state index in [1.807, 2.05) is 0 Å². The normalized spacial score (nSPS) is 11.5. The zero-order valence-corrected chi connectivity index (χ0v) is 12.2. The average molecular weight is 338 g/mol. The van der Waals surface area contributed by atoms with Gasteiger partial charge in [0, 0.05) is 31.3 Å². The highest BCUT2D eigenvalue weighted by molar-refractivity contribution is 9.11. The quantitative estimate of drug-likeness (QED) is 0.784. The Morgan fingerprint density at radius 1 is 1.44 bits per heavy atom. The summed E-state index contributed by atoms with van der Waals surface area (Å²) < 4.78 is 28.1. The first-order valence-corrected chi connectivity index (χ1v) is 7.04. The highest BCUT2D eigenvalue weighted by Gasteiger charge is 2.20. The second-order valence-electron chi connectivity index (χ2n) is 3.59. The van der Waals surface area contributed by atoms with Crippen LogP contribution in [0.25, 0.3) is 0 Å². The molecule has 0 saturated heterocycles. The molecule has 0 saturated carbocycles. The molecular formula is C9H12BrN3O4S. The molecule has 0 aromatic carbocycles. The lowest BCUT2D eigenvalue weighted by atomic mass is 10.6. The van der Waals surface area contributed by atoms with Crippen LogP contribution in [0.5, 0.6) is 0 Å². The van der Waals surface area contributed by atoms with Crippen molar-refractivity contribution in [2.75, 3.05) is 6.54 Å².